The van der Waals surface area contributed by atoms with Crippen LogP contribution in [0.5, 0.6) is 0 Å². The monoisotopic (exact) mass is 182 g/mol. The lowest BCUT2D eigenvalue weighted by molar-refractivity contribution is -0.133. The van der Waals surface area contributed by atoms with Crippen LogP contribution in [0.3, 0.4) is 0 Å². The van der Waals surface area contributed by atoms with Crippen LogP contribution in [0.15, 0.2) is 0 Å². The first-order valence-electron chi connectivity index (χ1n) is 2.73. The van der Waals surface area contributed by atoms with Crippen LogP contribution in [0, 0.1) is 0 Å². The summed E-state index contributed by atoms with van der Waals surface area (Å²) in [6.07, 6.45) is -0.757. The number of primary amides is 2. The summed E-state index contributed by atoms with van der Waals surface area (Å²) in [5, 5.41) is 0. The van der Waals surface area contributed by atoms with Gasteiger partial charge in [-0.15, -0.1) is 12.4 Å². The maximum Gasteiger partial charge on any atom is 0.246 e. The lowest BCUT2D eigenvalue weighted by atomic mass is 10.4. The maximum absolute atomic E-state index is 10.3. The Kier molecular flexibility index (Phi) is 6.92. The molecule has 0 heterocycles. The molecule has 4 N–H and O–H groups in total. The van der Waals surface area contributed by atoms with Crippen molar-refractivity contribution in [2.45, 2.75) is 13.0 Å². The molecule has 2 amide bonds. The number of carbonyl (C=O) groups is 2. The van der Waals surface area contributed by atoms with Gasteiger partial charge in [0.25, 0.3) is 0 Å². The van der Waals surface area contributed by atoms with E-state index < -0.39 is 17.9 Å². The van der Waals surface area contributed by atoms with Crippen LogP contribution in [-0.4, -0.2) is 24.5 Å². The molecule has 11 heavy (non-hydrogen) atoms. The zero-order chi connectivity index (χ0) is 8.15. The highest BCUT2D eigenvalue weighted by molar-refractivity contribution is 5.85. The summed E-state index contributed by atoms with van der Waals surface area (Å²) in [7, 11) is 0. The molecule has 0 aliphatic carbocycles. The van der Waals surface area contributed by atoms with Crippen LogP contribution < -0.4 is 11.5 Å². The highest BCUT2D eigenvalue weighted by Gasteiger charge is 2.08. The summed E-state index contributed by atoms with van der Waals surface area (Å²) < 4.78 is 4.62. The fourth-order valence-electron chi connectivity index (χ4n) is 0.289. The molecule has 5 nitrogen and oxygen atoms in total. The molecule has 0 bridgehead atoms. The average Bonchev–Trinajstić information content (AvgIpc) is 1.82. The molecule has 0 aromatic heterocycles. The molecule has 0 aliphatic rings. The maximum atomic E-state index is 10.3. The summed E-state index contributed by atoms with van der Waals surface area (Å²) in [6.45, 7) is 1.18. The van der Waals surface area contributed by atoms with Gasteiger partial charge in [0.1, 0.15) is 12.7 Å². The normalized spacial score (nSPS) is 11.4. The molecular formula is C5H11ClN2O3. The van der Waals surface area contributed by atoms with Crippen LogP contribution >= 0.6 is 12.4 Å². The van der Waals surface area contributed by atoms with Gasteiger partial charge in [0.05, 0.1) is 0 Å². The highest BCUT2D eigenvalue weighted by atomic mass is 35.5. The molecule has 0 spiro atoms. The Hall–Kier alpha value is -0.810. The number of carbonyl (C=O) groups excluding carboxylic acids is 2. The Morgan fingerprint density at radius 1 is 1.45 bits per heavy atom. The second-order valence-corrected chi connectivity index (χ2v) is 1.82. The Labute approximate surface area is 70.5 Å². The van der Waals surface area contributed by atoms with E-state index in [1.54, 1.807) is 0 Å². The van der Waals surface area contributed by atoms with Crippen LogP contribution in [-0.2, 0) is 14.3 Å². The molecule has 0 fully saturated rings. The molecule has 66 valence electrons. The second kappa shape index (κ2) is 5.94. The topological polar surface area (TPSA) is 95.4 Å². The van der Waals surface area contributed by atoms with E-state index in [-0.39, 0.29) is 19.0 Å². The summed E-state index contributed by atoms with van der Waals surface area (Å²) in [5.74, 6) is -1.23. The molecule has 0 rings (SSSR count). The zero-order valence-corrected chi connectivity index (χ0v) is 6.89. The van der Waals surface area contributed by atoms with Crippen molar-refractivity contribution in [1.29, 1.82) is 0 Å². The van der Waals surface area contributed by atoms with Gasteiger partial charge in [-0.1, -0.05) is 0 Å². The van der Waals surface area contributed by atoms with Gasteiger partial charge in [-0.25, -0.2) is 0 Å². The van der Waals surface area contributed by atoms with Crippen molar-refractivity contribution in [3.63, 3.8) is 0 Å². The van der Waals surface area contributed by atoms with Gasteiger partial charge in [-0.3, -0.25) is 9.59 Å². The van der Waals surface area contributed by atoms with Crippen molar-refractivity contribution in [3.05, 3.63) is 0 Å². The molecular weight excluding hydrogens is 172 g/mol. The first-order chi connectivity index (χ1) is 4.54. The third-order valence-electron chi connectivity index (χ3n) is 0.876. The highest BCUT2D eigenvalue weighted by Crippen LogP contribution is 1.86. The number of nitrogens with two attached hydrogens (primary N) is 2. The van der Waals surface area contributed by atoms with Gasteiger partial charge in [-0.2, -0.15) is 0 Å². The Morgan fingerprint density at radius 2 is 1.91 bits per heavy atom. The number of rotatable bonds is 4. The summed E-state index contributed by atoms with van der Waals surface area (Å²) in [6, 6.07) is 0. The standard InChI is InChI=1S/C5H10N2O3.ClH/c1-3(5(7)9)10-2-4(6)8;/h3H,2H2,1H3,(H2,6,8)(H2,7,9);1H. The van der Waals surface area contributed by atoms with Crippen molar-refractivity contribution in [3.8, 4) is 0 Å². The van der Waals surface area contributed by atoms with Crippen LogP contribution in [0.25, 0.3) is 0 Å². The van der Waals surface area contributed by atoms with Crippen LogP contribution in [0.1, 0.15) is 6.92 Å². The molecule has 0 aromatic carbocycles. The molecule has 1 atom stereocenters. The van der Waals surface area contributed by atoms with Gasteiger partial charge < -0.3 is 16.2 Å². The van der Waals surface area contributed by atoms with E-state index in [0.29, 0.717) is 0 Å². The predicted octanol–water partition coefficient (Wildman–Crippen LogP) is -1.22. The molecule has 0 radical (unpaired) electrons. The molecule has 0 saturated carbocycles. The number of amides is 2. The number of hydrogen-bond acceptors (Lipinski definition) is 3. The van der Waals surface area contributed by atoms with Gasteiger partial charge in [0.15, 0.2) is 0 Å². The van der Waals surface area contributed by atoms with E-state index in [2.05, 4.69) is 4.74 Å². The van der Waals surface area contributed by atoms with Gasteiger partial charge in [0, 0.05) is 0 Å². The zero-order valence-electron chi connectivity index (χ0n) is 6.07. The van der Waals surface area contributed by atoms with Crippen molar-refractivity contribution >= 4 is 24.2 Å². The SMILES string of the molecule is CC(OCC(N)=O)C(N)=O.Cl. The van der Waals surface area contributed by atoms with E-state index in [1.165, 1.54) is 6.92 Å². The first-order valence-corrected chi connectivity index (χ1v) is 2.73. The summed E-state index contributed by atoms with van der Waals surface area (Å²) >= 11 is 0. The fourth-order valence-corrected chi connectivity index (χ4v) is 0.289. The van der Waals surface area contributed by atoms with E-state index in [0.717, 1.165) is 0 Å². The van der Waals surface area contributed by atoms with Crippen LogP contribution in [0.4, 0.5) is 0 Å². The summed E-state index contributed by atoms with van der Waals surface area (Å²) in [4.78, 5) is 20.3. The van der Waals surface area contributed by atoms with E-state index in [9.17, 15) is 9.59 Å². The van der Waals surface area contributed by atoms with Crippen molar-refractivity contribution in [2.24, 2.45) is 11.5 Å². The van der Waals surface area contributed by atoms with E-state index >= 15 is 0 Å². The lowest BCUT2D eigenvalue weighted by Crippen LogP contribution is -2.31. The van der Waals surface area contributed by atoms with E-state index in [4.69, 9.17) is 11.5 Å². The van der Waals surface area contributed by atoms with Crippen LogP contribution in [0.2, 0.25) is 0 Å². The molecule has 1 unspecified atom stereocenters. The lowest BCUT2D eigenvalue weighted by Gasteiger charge is -2.05. The minimum Gasteiger partial charge on any atom is -0.368 e. The van der Waals surface area contributed by atoms with E-state index in [1.807, 2.05) is 0 Å². The largest absolute Gasteiger partial charge is 0.368 e. The van der Waals surface area contributed by atoms with Crippen molar-refractivity contribution in [1.82, 2.24) is 0 Å². The van der Waals surface area contributed by atoms with Crippen molar-refractivity contribution in [2.75, 3.05) is 6.61 Å². The van der Waals surface area contributed by atoms with Gasteiger partial charge in [0.2, 0.25) is 11.8 Å². The third-order valence-corrected chi connectivity index (χ3v) is 0.876. The van der Waals surface area contributed by atoms with Gasteiger partial charge in [-0.05, 0) is 6.92 Å². The fraction of sp³-hybridized carbons (Fsp3) is 0.600. The molecule has 0 saturated heterocycles. The minimum absolute atomic E-state index is 0. The molecule has 0 aliphatic heterocycles. The quantitative estimate of drug-likeness (QED) is 0.571. The second-order valence-electron chi connectivity index (χ2n) is 1.82. The number of halogens is 1. The number of ether oxygens (including phenoxy) is 1. The average molecular weight is 183 g/mol. The minimum atomic E-state index is -0.757. The third kappa shape index (κ3) is 7.08. The Balaban J connectivity index is 0. The first kappa shape index (κ1) is 12.8. The summed E-state index contributed by atoms with van der Waals surface area (Å²) in [5.41, 5.74) is 9.53. The predicted molar refractivity (Wildman–Crippen MR) is 41.1 cm³/mol. The van der Waals surface area contributed by atoms with Gasteiger partial charge >= 0.3 is 0 Å². The Morgan fingerprint density at radius 3 is 2.18 bits per heavy atom. The Bertz CT molecular complexity index is 151. The number of hydrogen-bond donors (Lipinski definition) is 2. The molecule has 6 heteroatoms. The smallest absolute Gasteiger partial charge is 0.246 e. The van der Waals surface area contributed by atoms with Crippen molar-refractivity contribution < 1.29 is 14.3 Å². The molecule has 0 aromatic rings.